The SMILES string of the molecule is Cc1cc(O)ccc1NC(=O)/C(C#N)=C\Nc1cccc(O)c1. The first-order valence-corrected chi connectivity index (χ1v) is 6.76. The van der Waals surface area contributed by atoms with Crippen molar-refractivity contribution in [3.8, 4) is 17.6 Å². The van der Waals surface area contributed by atoms with E-state index in [9.17, 15) is 15.0 Å². The number of hydrogen-bond acceptors (Lipinski definition) is 5. The first-order chi connectivity index (χ1) is 11.0. The average molecular weight is 309 g/mol. The topological polar surface area (TPSA) is 105 Å². The van der Waals surface area contributed by atoms with Gasteiger partial charge >= 0.3 is 0 Å². The summed E-state index contributed by atoms with van der Waals surface area (Å²) in [5.74, 6) is -0.401. The number of hydrogen-bond donors (Lipinski definition) is 4. The summed E-state index contributed by atoms with van der Waals surface area (Å²) in [4.78, 5) is 12.1. The van der Waals surface area contributed by atoms with E-state index in [2.05, 4.69) is 10.6 Å². The predicted molar refractivity (Wildman–Crippen MR) is 86.9 cm³/mol. The van der Waals surface area contributed by atoms with Gasteiger partial charge in [0, 0.05) is 23.6 Å². The van der Waals surface area contributed by atoms with E-state index in [0.29, 0.717) is 16.9 Å². The fourth-order valence-electron chi connectivity index (χ4n) is 1.88. The first kappa shape index (κ1) is 15.9. The Balaban J connectivity index is 2.12. The summed E-state index contributed by atoms with van der Waals surface area (Å²) in [7, 11) is 0. The van der Waals surface area contributed by atoms with Gasteiger partial charge in [-0.05, 0) is 42.8 Å². The summed E-state index contributed by atoms with van der Waals surface area (Å²) in [6, 6.07) is 12.6. The maximum absolute atomic E-state index is 12.1. The van der Waals surface area contributed by atoms with Gasteiger partial charge < -0.3 is 20.8 Å². The molecule has 0 spiro atoms. The quantitative estimate of drug-likeness (QED) is 0.395. The number of amides is 1. The van der Waals surface area contributed by atoms with Gasteiger partial charge in [0.1, 0.15) is 23.1 Å². The number of anilines is 2. The molecule has 0 aromatic heterocycles. The number of phenolic OH excluding ortho intramolecular Hbond substituents is 2. The summed E-state index contributed by atoms with van der Waals surface area (Å²) in [6.07, 6.45) is 1.26. The van der Waals surface area contributed by atoms with Crippen molar-refractivity contribution in [1.82, 2.24) is 0 Å². The van der Waals surface area contributed by atoms with Crippen LogP contribution in [-0.4, -0.2) is 16.1 Å². The predicted octanol–water partition coefficient (Wildman–Crippen LogP) is 2.86. The van der Waals surface area contributed by atoms with Crippen LogP contribution in [0.25, 0.3) is 0 Å². The Morgan fingerprint density at radius 1 is 1.17 bits per heavy atom. The van der Waals surface area contributed by atoms with Crippen LogP contribution < -0.4 is 10.6 Å². The molecule has 0 aliphatic carbocycles. The van der Waals surface area contributed by atoms with Crippen molar-refractivity contribution in [2.75, 3.05) is 10.6 Å². The molecule has 116 valence electrons. The lowest BCUT2D eigenvalue weighted by molar-refractivity contribution is -0.112. The maximum atomic E-state index is 12.1. The summed E-state index contributed by atoms with van der Waals surface area (Å²) < 4.78 is 0. The molecule has 0 saturated carbocycles. The molecule has 2 aromatic rings. The van der Waals surface area contributed by atoms with Crippen molar-refractivity contribution in [2.45, 2.75) is 6.92 Å². The molecule has 23 heavy (non-hydrogen) atoms. The second-order valence-corrected chi connectivity index (χ2v) is 4.82. The second-order valence-electron chi connectivity index (χ2n) is 4.82. The molecule has 1 amide bonds. The number of carbonyl (C=O) groups excluding carboxylic acids is 1. The van der Waals surface area contributed by atoms with Crippen LogP contribution in [0.3, 0.4) is 0 Å². The third kappa shape index (κ3) is 4.25. The van der Waals surface area contributed by atoms with Crippen LogP contribution in [0, 0.1) is 18.3 Å². The van der Waals surface area contributed by atoms with Crippen LogP contribution >= 0.6 is 0 Å². The van der Waals surface area contributed by atoms with E-state index in [1.165, 1.54) is 30.5 Å². The second kappa shape index (κ2) is 7.00. The van der Waals surface area contributed by atoms with E-state index in [1.807, 2.05) is 6.07 Å². The molecule has 0 unspecified atom stereocenters. The van der Waals surface area contributed by atoms with Crippen molar-refractivity contribution in [2.24, 2.45) is 0 Å². The third-order valence-electron chi connectivity index (χ3n) is 3.05. The van der Waals surface area contributed by atoms with E-state index in [4.69, 9.17) is 5.26 Å². The maximum Gasteiger partial charge on any atom is 0.267 e. The molecule has 2 aromatic carbocycles. The van der Waals surface area contributed by atoms with E-state index in [-0.39, 0.29) is 17.1 Å². The van der Waals surface area contributed by atoms with Gasteiger partial charge in [0.25, 0.3) is 5.91 Å². The molecule has 6 nitrogen and oxygen atoms in total. The number of rotatable bonds is 4. The highest BCUT2D eigenvalue weighted by Crippen LogP contribution is 2.21. The molecule has 0 saturated heterocycles. The lowest BCUT2D eigenvalue weighted by Gasteiger charge is -2.08. The Bertz CT molecular complexity index is 807. The molecule has 2 rings (SSSR count). The van der Waals surface area contributed by atoms with Crippen molar-refractivity contribution in [1.29, 1.82) is 5.26 Å². The summed E-state index contributed by atoms with van der Waals surface area (Å²) in [5, 5.41) is 33.2. The normalized spacial score (nSPS) is 10.7. The average Bonchev–Trinajstić information content (AvgIpc) is 2.51. The lowest BCUT2D eigenvalue weighted by Crippen LogP contribution is -2.15. The van der Waals surface area contributed by atoms with Crippen LogP contribution in [0.5, 0.6) is 11.5 Å². The van der Waals surface area contributed by atoms with Crippen LogP contribution in [0.15, 0.2) is 54.2 Å². The standard InChI is InChI=1S/C17H15N3O3/c1-11-7-15(22)5-6-16(11)20-17(23)12(9-18)10-19-13-3-2-4-14(21)8-13/h2-8,10,19,21-22H,1H3,(H,20,23)/b12-10-. The smallest absolute Gasteiger partial charge is 0.267 e. The van der Waals surface area contributed by atoms with Crippen LogP contribution in [0.2, 0.25) is 0 Å². The monoisotopic (exact) mass is 309 g/mol. The van der Waals surface area contributed by atoms with E-state index in [0.717, 1.165) is 0 Å². The first-order valence-electron chi connectivity index (χ1n) is 6.76. The highest BCUT2D eigenvalue weighted by atomic mass is 16.3. The number of phenols is 2. The molecular formula is C17H15N3O3. The molecule has 0 aliphatic rings. The number of benzene rings is 2. The van der Waals surface area contributed by atoms with Crippen molar-refractivity contribution in [3.05, 3.63) is 59.8 Å². The van der Waals surface area contributed by atoms with Crippen LogP contribution in [-0.2, 0) is 4.79 Å². The fourth-order valence-corrected chi connectivity index (χ4v) is 1.88. The van der Waals surface area contributed by atoms with Crippen LogP contribution in [0.4, 0.5) is 11.4 Å². The molecule has 0 bridgehead atoms. The fraction of sp³-hybridized carbons (Fsp3) is 0.0588. The summed E-state index contributed by atoms with van der Waals surface area (Å²) >= 11 is 0. The molecule has 0 fully saturated rings. The number of nitrogens with one attached hydrogen (secondary N) is 2. The third-order valence-corrected chi connectivity index (χ3v) is 3.05. The van der Waals surface area contributed by atoms with Gasteiger partial charge in [0.15, 0.2) is 0 Å². The molecule has 4 N–H and O–H groups in total. The number of nitriles is 1. The van der Waals surface area contributed by atoms with Gasteiger partial charge in [0.05, 0.1) is 0 Å². The Labute approximate surface area is 133 Å². The Morgan fingerprint density at radius 2 is 1.91 bits per heavy atom. The largest absolute Gasteiger partial charge is 0.508 e. The van der Waals surface area contributed by atoms with Gasteiger partial charge in [-0.25, -0.2) is 0 Å². The van der Waals surface area contributed by atoms with E-state index in [1.54, 1.807) is 25.1 Å². The highest BCUT2D eigenvalue weighted by molar-refractivity contribution is 6.07. The van der Waals surface area contributed by atoms with E-state index < -0.39 is 5.91 Å². The molecule has 0 heterocycles. The summed E-state index contributed by atoms with van der Waals surface area (Å²) in [5.41, 5.74) is 1.61. The molecule has 0 aliphatic heterocycles. The molecule has 6 heteroatoms. The van der Waals surface area contributed by atoms with Gasteiger partial charge in [-0.3, -0.25) is 4.79 Å². The van der Waals surface area contributed by atoms with Gasteiger partial charge in [-0.1, -0.05) is 6.07 Å². The zero-order valence-electron chi connectivity index (χ0n) is 12.4. The number of carbonyl (C=O) groups is 1. The number of aryl methyl sites for hydroxylation is 1. The molecular weight excluding hydrogens is 294 g/mol. The minimum Gasteiger partial charge on any atom is -0.508 e. The highest BCUT2D eigenvalue weighted by Gasteiger charge is 2.11. The minimum atomic E-state index is -0.575. The van der Waals surface area contributed by atoms with Crippen molar-refractivity contribution >= 4 is 17.3 Å². The van der Waals surface area contributed by atoms with Crippen molar-refractivity contribution in [3.63, 3.8) is 0 Å². The van der Waals surface area contributed by atoms with Gasteiger partial charge in [-0.15, -0.1) is 0 Å². The summed E-state index contributed by atoms with van der Waals surface area (Å²) in [6.45, 7) is 1.73. The van der Waals surface area contributed by atoms with Gasteiger partial charge in [-0.2, -0.15) is 5.26 Å². The zero-order chi connectivity index (χ0) is 16.8. The van der Waals surface area contributed by atoms with Crippen LogP contribution in [0.1, 0.15) is 5.56 Å². The minimum absolute atomic E-state index is 0.0751. The van der Waals surface area contributed by atoms with Crippen molar-refractivity contribution < 1.29 is 15.0 Å². The zero-order valence-corrected chi connectivity index (χ0v) is 12.4. The van der Waals surface area contributed by atoms with Gasteiger partial charge in [0.2, 0.25) is 0 Å². The molecule has 0 atom stereocenters. The number of aromatic hydroxyl groups is 2. The molecule has 0 radical (unpaired) electrons. The Hall–Kier alpha value is -3.46. The van der Waals surface area contributed by atoms with E-state index >= 15 is 0 Å². The Morgan fingerprint density at radius 3 is 2.57 bits per heavy atom. The lowest BCUT2D eigenvalue weighted by atomic mass is 10.2. The Kier molecular flexibility index (Phi) is 4.85. The number of nitrogens with zero attached hydrogens (tertiary/aromatic N) is 1.